The third kappa shape index (κ3) is 3.15. The van der Waals surface area contributed by atoms with Gasteiger partial charge in [-0.05, 0) is 0 Å². The number of rotatable bonds is 4. The number of carbonyl (C=O) groups is 2. The van der Waals surface area contributed by atoms with Gasteiger partial charge in [-0.25, -0.2) is 4.79 Å². The Morgan fingerprint density at radius 1 is 1.05 bits per heavy atom. The highest BCUT2D eigenvalue weighted by Crippen LogP contribution is 2.41. The number of hydrogen-bond donors (Lipinski definition) is 0. The zero-order valence-electron chi connectivity index (χ0n) is 9.14. The lowest BCUT2D eigenvalue weighted by atomic mass is 10.1. The van der Waals surface area contributed by atoms with Crippen LogP contribution in [0.2, 0.25) is 20.1 Å². The van der Waals surface area contributed by atoms with Gasteiger partial charge in [-0.2, -0.15) is 0 Å². The van der Waals surface area contributed by atoms with Crippen LogP contribution in [-0.4, -0.2) is 18.5 Å². The fraction of sp³-hybridized carbons (Fsp3) is 0.0909. The minimum Gasteiger partial charge on any atom is -0.545 e. The Kier molecular flexibility index (Phi) is 5.50. The number of carboxylic acid groups (broad SMARTS) is 1. The Morgan fingerprint density at radius 2 is 1.53 bits per heavy atom. The largest absolute Gasteiger partial charge is 0.545 e. The summed E-state index contributed by atoms with van der Waals surface area (Å²) in [4.78, 5) is 22.8. The standard InChI is InChI=1S/C11H6Cl4O4/c1-2-3-19-11(18)5-4(10(16)17)6(12)8(14)9(15)7(5)13/h2H,1,3H2,(H,16,17)/p-1. The van der Waals surface area contributed by atoms with Crippen LogP contribution in [0, 0.1) is 0 Å². The number of aromatic carboxylic acids is 1. The van der Waals surface area contributed by atoms with Crippen LogP contribution in [0.25, 0.3) is 0 Å². The summed E-state index contributed by atoms with van der Waals surface area (Å²) < 4.78 is 4.71. The molecule has 0 amide bonds. The molecule has 0 fully saturated rings. The van der Waals surface area contributed by atoms with E-state index in [1.807, 2.05) is 0 Å². The number of halogens is 4. The highest BCUT2D eigenvalue weighted by Gasteiger charge is 2.26. The van der Waals surface area contributed by atoms with Crippen LogP contribution in [0.15, 0.2) is 12.7 Å². The van der Waals surface area contributed by atoms with Gasteiger partial charge in [-0.15, -0.1) is 0 Å². The van der Waals surface area contributed by atoms with E-state index in [2.05, 4.69) is 6.58 Å². The maximum absolute atomic E-state index is 11.8. The summed E-state index contributed by atoms with van der Waals surface area (Å²) in [6.07, 6.45) is 1.30. The van der Waals surface area contributed by atoms with Crippen LogP contribution < -0.4 is 5.11 Å². The van der Waals surface area contributed by atoms with Crippen molar-refractivity contribution in [3.8, 4) is 0 Å². The molecular weight excluding hydrogens is 338 g/mol. The molecule has 0 saturated heterocycles. The van der Waals surface area contributed by atoms with Crippen molar-refractivity contribution in [3.63, 3.8) is 0 Å². The number of esters is 1. The van der Waals surface area contributed by atoms with Gasteiger partial charge in [-0.1, -0.05) is 59.1 Å². The Balaban J connectivity index is 3.56. The summed E-state index contributed by atoms with van der Waals surface area (Å²) >= 11 is 23.0. The van der Waals surface area contributed by atoms with Crippen molar-refractivity contribution in [2.45, 2.75) is 0 Å². The van der Waals surface area contributed by atoms with Gasteiger partial charge in [0.2, 0.25) is 0 Å². The molecule has 4 nitrogen and oxygen atoms in total. The van der Waals surface area contributed by atoms with Crippen LogP contribution in [0.4, 0.5) is 0 Å². The molecule has 19 heavy (non-hydrogen) atoms. The first-order valence-corrected chi connectivity index (χ1v) is 6.19. The van der Waals surface area contributed by atoms with Crippen LogP contribution >= 0.6 is 46.4 Å². The lowest BCUT2D eigenvalue weighted by molar-refractivity contribution is -0.255. The quantitative estimate of drug-likeness (QED) is 0.365. The van der Waals surface area contributed by atoms with Gasteiger partial charge in [-0.3, -0.25) is 0 Å². The molecule has 0 atom stereocenters. The van der Waals surface area contributed by atoms with Crippen molar-refractivity contribution in [3.05, 3.63) is 43.9 Å². The molecule has 1 aromatic rings. The molecule has 102 valence electrons. The second-order valence-corrected chi connectivity index (χ2v) is 4.69. The van der Waals surface area contributed by atoms with Crippen molar-refractivity contribution in [2.75, 3.05) is 6.61 Å². The molecule has 0 aromatic heterocycles. The van der Waals surface area contributed by atoms with E-state index in [1.54, 1.807) is 0 Å². The van der Waals surface area contributed by atoms with Crippen molar-refractivity contribution < 1.29 is 19.4 Å². The summed E-state index contributed by atoms with van der Waals surface area (Å²) in [5.41, 5.74) is -1.18. The number of hydrogen-bond acceptors (Lipinski definition) is 4. The van der Waals surface area contributed by atoms with Gasteiger partial charge in [0.15, 0.2) is 0 Å². The van der Waals surface area contributed by atoms with Crippen molar-refractivity contribution in [1.82, 2.24) is 0 Å². The first kappa shape index (κ1) is 16.1. The SMILES string of the molecule is C=CCOC(=O)c1c(Cl)c(Cl)c(Cl)c(Cl)c1C(=O)[O-]. The molecule has 0 aliphatic heterocycles. The van der Waals surface area contributed by atoms with Gasteiger partial charge in [0.05, 0.1) is 31.6 Å². The lowest BCUT2D eigenvalue weighted by Crippen LogP contribution is -2.26. The summed E-state index contributed by atoms with van der Waals surface area (Å²) in [7, 11) is 0. The van der Waals surface area contributed by atoms with Crippen LogP contribution in [0.3, 0.4) is 0 Å². The predicted molar refractivity (Wildman–Crippen MR) is 71.3 cm³/mol. The Hall–Kier alpha value is -0.940. The van der Waals surface area contributed by atoms with E-state index in [9.17, 15) is 14.7 Å². The number of ether oxygens (including phenoxy) is 1. The second kappa shape index (κ2) is 6.48. The molecule has 0 unspecified atom stereocenters. The van der Waals surface area contributed by atoms with Gasteiger partial charge < -0.3 is 14.6 Å². The molecule has 0 saturated carbocycles. The van der Waals surface area contributed by atoms with Crippen LogP contribution in [-0.2, 0) is 4.74 Å². The maximum atomic E-state index is 11.8. The molecule has 0 radical (unpaired) electrons. The first-order valence-electron chi connectivity index (χ1n) is 4.68. The molecular formula is C11H5Cl4O4-. The van der Waals surface area contributed by atoms with E-state index < -0.39 is 28.1 Å². The van der Waals surface area contributed by atoms with Gasteiger partial charge in [0.25, 0.3) is 0 Å². The predicted octanol–water partition coefficient (Wildman–Crippen LogP) is 3.01. The Labute approximate surface area is 128 Å². The zero-order valence-corrected chi connectivity index (χ0v) is 12.2. The minimum absolute atomic E-state index is 0.139. The lowest BCUT2D eigenvalue weighted by Gasteiger charge is -2.15. The van der Waals surface area contributed by atoms with Crippen molar-refractivity contribution in [2.24, 2.45) is 0 Å². The fourth-order valence-corrected chi connectivity index (χ4v) is 2.23. The van der Waals surface area contributed by atoms with E-state index in [1.165, 1.54) is 6.08 Å². The topological polar surface area (TPSA) is 66.4 Å². The molecule has 0 spiro atoms. The van der Waals surface area contributed by atoms with Crippen molar-refractivity contribution in [1.29, 1.82) is 0 Å². The average molecular weight is 343 g/mol. The molecule has 1 aromatic carbocycles. The van der Waals surface area contributed by atoms with Crippen LogP contribution in [0.5, 0.6) is 0 Å². The third-order valence-corrected chi connectivity index (χ3v) is 3.81. The minimum atomic E-state index is -1.73. The number of carbonyl (C=O) groups excluding carboxylic acids is 2. The smallest absolute Gasteiger partial charge is 0.340 e. The van der Waals surface area contributed by atoms with Gasteiger partial charge in [0.1, 0.15) is 6.61 Å². The molecule has 0 aliphatic carbocycles. The first-order chi connectivity index (χ1) is 8.82. The van der Waals surface area contributed by atoms with Gasteiger partial charge >= 0.3 is 5.97 Å². The average Bonchev–Trinajstić information content (AvgIpc) is 2.36. The molecule has 1 rings (SSSR count). The van der Waals surface area contributed by atoms with E-state index >= 15 is 0 Å². The maximum Gasteiger partial charge on any atom is 0.340 e. The third-order valence-electron chi connectivity index (χ3n) is 2.01. The number of benzene rings is 1. The second-order valence-electron chi connectivity index (χ2n) is 3.18. The van der Waals surface area contributed by atoms with Crippen LogP contribution in [0.1, 0.15) is 20.7 Å². The summed E-state index contributed by atoms with van der Waals surface area (Å²) in [5.74, 6) is -2.75. The monoisotopic (exact) mass is 341 g/mol. The fourth-order valence-electron chi connectivity index (χ4n) is 1.22. The Morgan fingerprint density at radius 3 is 1.95 bits per heavy atom. The van der Waals surface area contributed by atoms with E-state index in [-0.39, 0.29) is 21.7 Å². The number of carboxylic acids is 1. The highest BCUT2D eigenvalue weighted by molar-refractivity contribution is 6.53. The van der Waals surface area contributed by atoms with Gasteiger partial charge in [0, 0.05) is 5.56 Å². The van der Waals surface area contributed by atoms with Crippen molar-refractivity contribution >= 4 is 58.3 Å². The summed E-state index contributed by atoms with van der Waals surface area (Å²) in [6.45, 7) is 3.20. The normalized spacial score (nSPS) is 10.1. The van der Waals surface area contributed by atoms with E-state index in [0.29, 0.717) is 0 Å². The molecule has 8 heteroatoms. The highest BCUT2D eigenvalue weighted by atomic mass is 35.5. The Bertz CT molecular complexity index is 569. The van der Waals surface area contributed by atoms with E-state index in [0.717, 1.165) is 0 Å². The zero-order chi connectivity index (χ0) is 14.7. The molecule has 0 N–H and O–H groups in total. The molecule has 0 bridgehead atoms. The van der Waals surface area contributed by atoms with E-state index in [4.69, 9.17) is 51.1 Å². The summed E-state index contributed by atoms with van der Waals surface area (Å²) in [6, 6.07) is 0. The summed E-state index contributed by atoms with van der Waals surface area (Å²) in [5, 5.41) is 9.71. The molecule has 0 heterocycles. The molecule has 0 aliphatic rings.